The fraction of sp³-hybridized carbons (Fsp3) is 0.545. The highest BCUT2D eigenvalue weighted by atomic mass is 35.5. The van der Waals surface area contributed by atoms with Crippen molar-refractivity contribution in [1.82, 2.24) is 14.9 Å². The van der Waals surface area contributed by atoms with Crippen molar-refractivity contribution in [2.24, 2.45) is 5.92 Å². The van der Waals surface area contributed by atoms with E-state index in [-0.39, 0.29) is 11.1 Å². The largest absolute Gasteiger partial charge is 0.337 e. The van der Waals surface area contributed by atoms with Crippen LogP contribution in [0.5, 0.6) is 0 Å². The fourth-order valence-electron chi connectivity index (χ4n) is 1.98. The molecule has 4 nitrogen and oxygen atoms in total. The van der Waals surface area contributed by atoms with Gasteiger partial charge in [-0.15, -0.1) is 0 Å². The molecule has 0 N–H and O–H groups in total. The molecule has 5 heteroatoms. The Labute approximate surface area is 99.6 Å². The van der Waals surface area contributed by atoms with E-state index in [0.29, 0.717) is 11.6 Å². The van der Waals surface area contributed by atoms with Crippen molar-refractivity contribution >= 4 is 17.5 Å². The molecule has 1 amide bonds. The second-order valence-corrected chi connectivity index (χ2v) is 4.61. The molecule has 1 saturated heterocycles. The summed E-state index contributed by atoms with van der Waals surface area (Å²) in [7, 11) is 0. The molecule has 1 unspecified atom stereocenters. The quantitative estimate of drug-likeness (QED) is 0.753. The van der Waals surface area contributed by atoms with Gasteiger partial charge in [-0.2, -0.15) is 0 Å². The van der Waals surface area contributed by atoms with E-state index in [4.69, 9.17) is 11.6 Å². The normalized spacial score (nSPS) is 20.9. The summed E-state index contributed by atoms with van der Waals surface area (Å²) < 4.78 is 0. The smallest absolute Gasteiger partial charge is 0.274 e. The van der Waals surface area contributed by atoms with Crippen LogP contribution >= 0.6 is 11.6 Å². The number of hydrogen-bond acceptors (Lipinski definition) is 3. The van der Waals surface area contributed by atoms with Gasteiger partial charge in [-0.05, 0) is 18.8 Å². The van der Waals surface area contributed by atoms with E-state index in [1.165, 1.54) is 18.8 Å². The van der Waals surface area contributed by atoms with Crippen LogP contribution in [0, 0.1) is 5.92 Å². The molecule has 1 fully saturated rings. The zero-order chi connectivity index (χ0) is 11.5. The maximum Gasteiger partial charge on any atom is 0.274 e. The highest BCUT2D eigenvalue weighted by Crippen LogP contribution is 2.17. The van der Waals surface area contributed by atoms with Gasteiger partial charge in [0.2, 0.25) is 0 Å². The third kappa shape index (κ3) is 2.50. The van der Waals surface area contributed by atoms with Gasteiger partial charge in [0.1, 0.15) is 10.8 Å². The van der Waals surface area contributed by atoms with Crippen LogP contribution in [0.15, 0.2) is 12.4 Å². The summed E-state index contributed by atoms with van der Waals surface area (Å²) >= 11 is 5.71. The second kappa shape index (κ2) is 4.78. The zero-order valence-electron chi connectivity index (χ0n) is 9.19. The zero-order valence-corrected chi connectivity index (χ0v) is 9.94. The number of piperidine rings is 1. The average Bonchev–Trinajstić information content (AvgIpc) is 2.28. The van der Waals surface area contributed by atoms with Gasteiger partial charge in [0.25, 0.3) is 5.91 Å². The third-order valence-electron chi connectivity index (χ3n) is 2.77. The predicted molar refractivity (Wildman–Crippen MR) is 61.3 cm³/mol. The molecule has 1 atom stereocenters. The summed E-state index contributed by atoms with van der Waals surface area (Å²) in [5.41, 5.74) is 0.335. The van der Waals surface area contributed by atoms with E-state index in [9.17, 15) is 4.79 Å². The van der Waals surface area contributed by atoms with Gasteiger partial charge in [-0.1, -0.05) is 18.5 Å². The first-order valence-corrected chi connectivity index (χ1v) is 5.81. The van der Waals surface area contributed by atoms with E-state index in [1.807, 2.05) is 4.90 Å². The Kier molecular flexibility index (Phi) is 3.39. The Bertz CT molecular complexity index is 397. The third-order valence-corrected chi connectivity index (χ3v) is 2.95. The first kappa shape index (κ1) is 11.3. The summed E-state index contributed by atoms with van der Waals surface area (Å²) in [6.07, 6.45) is 5.14. The lowest BCUT2D eigenvalue weighted by Gasteiger charge is -2.30. The summed E-state index contributed by atoms with van der Waals surface area (Å²) in [4.78, 5) is 21.8. The molecule has 1 aromatic heterocycles. The minimum absolute atomic E-state index is 0.0680. The van der Waals surface area contributed by atoms with Crippen LogP contribution in [0.2, 0.25) is 5.15 Å². The number of halogens is 1. The minimum Gasteiger partial charge on any atom is -0.337 e. The monoisotopic (exact) mass is 239 g/mol. The number of aromatic nitrogens is 2. The molecule has 1 aliphatic heterocycles. The molecule has 0 radical (unpaired) electrons. The molecular weight excluding hydrogens is 226 g/mol. The van der Waals surface area contributed by atoms with Crippen LogP contribution < -0.4 is 0 Å². The Morgan fingerprint density at radius 3 is 3.06 bits per heavy atom. The Balaban J connectivity index is 2.12. The summed E-state index contributed by atoms with van der Waals surface area (Å²) in [5.74, 6) is 0.492. The molecule has 2 rings (SSSR count). The molecule has 2 heterocycles. The van der Waals surface area contributed by atoms with Gasteiger partial charge in [0.05, 0.1) is 12.4 Å². The van der Waals surface area contributed by atoms with Crippen LogP contribution in [0.1, 0.15) is 30.3 Å². The lowest BCUT2D eigenvalue weighted by atomic mass is 10.0. The molecule has 0 bridgehead atoms. The van der Waals surface area contributed by atoms with E-state index in [1.54, 1.807) is 0 Å². The maximum atomic E-state index is 12.1. The number of likely N-dealkylation sites (tertiary alicyclic amines) is 1. The topological polar surface area (TPSA) is 46.1 Å². The number of carbonyl (C=O) groups is 1. The molecule has 16 heavy (non-hydrogen) atoms. The number of carbonyl (C=O) groups excluding carboxylic acids is 1. The van der Waals surface area contributed by atoms with Gasteiger partial charge in [-0.3, -0.25) is 9.78 Å². The van der Waals surface area contributed by atoms with Crippen LogP contribution in [0.25, 0.3) is 0 Å². The number of amides is 1. The summed E-state index contributed by atoms with van der Waals surface area (Å²) in [6.45, 7) is 3.76. The van der Waals surface area contributed by atoms with Gasteiger partial charge in [-0.25, -0.2) is 4.98 Å². The van der Waals surface area contributed by atoms with Crippen molar-refractivity contribution < 1.29 is 4.79 Å². The predicted octanol–water partition coefficient (Wildman–Crippen LogP) is 2.00. The Hall–Kier alpha value is -1.16. The first-order valence-electron chi connectivity index (χ1n) is 5.43. The lowest BCUT2D eigenvalue weighted by Crippen LogP contribution is -2.39. The van der Waals surface area contributed by atoms with Crippen LogP contribution in [-0.4, -0.2) is 33.9 Å². The van der Waals surface area contributed by atoms with Crippen molar-refractivity contribution in [3.63, 3.8) is 0 Å². The first-order chi connectivity index (χ1) is 7.66. The maximum absolute atomic E-state index is 12.1. The van der Waals surface area contributed by atoms with E-state index in [0.717, 1.165) is 19.5 Å². The average molecular weight is 240 g/mol. The number of hydrogen-bond donors (Lipinski definition) is 0. The van der Waals surface area contributed by atoms with Gasteiger partial charge in [0, 0.05) is 13.1 Å². The van der Waals surface area contributed by atoms with Crippen LogP contribution in [-0.2, 0) is 0 Å². The molecule has 1 aromatic rings. The molecule has 0 aromatic carbocycles. The Morgan fingerprint density at radius 1 is 1.56 bits per heavy atom. The van der Waals surface area contributed by atoms with Crippen LogP contribution in [0.3, 0.4) is 0 Å². The standard InChI is InChI=1S/C11H14ClN3O/c1-8-3-2-4-15(7-8)11(16)9-5-13-6-10(12)14-9/h5-6,8H,2-4,7H2,1H3. The number of rotatable bonds is 1. The van der Waals surface area contributed by atoms with Crippen molar-refractivity contribution in [2.45, 2.75) is 19.8 Å². The van der Waals surface area contributed by atoms with Crippen molar-refractivity contribution in [3.05, 3.63) is 23.2 Å². The molecule has 86 valence electrons. The van der Waals surface area contributed by atoms with Gasteiger partial charge < -0.3 is 4.90 Å². The summed E-state index contributed by atoms with van der Waals surface area (Å²) in [6, 6.07) is 0. The molecule has 0 spiro atoms. The van der Waals surface area contributed by atoms with E-state index < -0.39 is 0 Å². The lowest BCUT2D eigenvalue weighted by molar-refractivity contribution is 0.0676. The molecular formula is C11H14ClN3O. The van der Waals surface area contributed by atoms with Gasteiger partial charge >= 0.3 is 0 Å². The van der Waals surface area contributed by atoms with Crippen molar-refractivity contribution in [2.75, 3.05) is 13.1 Å². The highest BCUT2D eigenvalue weighted by molar-refractivity contribution is 6.29. The number of nitrogens with zero attached hydrogens (tertiary/aromatic N) is 3. The fourth-order valence-corrected chi connectivity index (χ4v) is 2.13. The Morgan fingerprint density at radius 2 is 2.38 bits per heavy atom. The second-order valence-electron chi connectivity index (χ2n) is 4.23. The van der Waals surface area contributed by atoms with E-state index >= 15 is 0 Å². The van der Waals surface area contributed by atoms with Gasteiger partial charge in [0.15, 0.2) is 0 Å². The highest BCUT2D eigenvalue weighted by Gasteiger charge is 2.23. The van der Waals surface area contributed by atoms with E-state index in [2.05, 4.69) is 16.9 Å². The van der Waals surface area contributed by atoms with Crippen molar-refractivity contribution in [1.29, 1.82) is 0 Å². The molecule has 0 saturated carbocycles. The SMILES string of the molecule is CC1CCCN(C(=O)c2cncc(Cl)n2)C1. The summed E-state index contributed by atoms with van der Waals surface area (Å²) in [5, 5.41) is 0.260. The molecule has 1 aliphatic rings. The van der Waals surface area contributed by atoms with Crippen molar-refractivity contribution in [3.8, 4) is 0 Å². The molecule has 0 aliphatic carbocycles. The van der Waals surface area contributed by atoms with Crippen LogP contribution in [0.4, 0.5) is 0 Å². The minimum atomic E-state index is -0.0680.